The van der Waals surface area contributed by atoms with Gasteiger partial charge >= 0.3 is 0 Å². The number of nitrogens with zero attached hydrogens (tertiary/aromatic N) is 3. The summed E-state index contributed by atoms with van der Waals surface area (Å²) >= 11 is 12.4. The van der Waals surface area contributed by atoms with Crippen molar-refractivity contribution in [2.24, 2.45) is 0 Å². The van der Waals surface area contributed by atoms with Gasteiger partial charge in [0.25, 0.3) is 11.5 Å². The molecule has 1 aliphatic heterocycles. The summed E-state index contributed by atoms with van der Waals surface area (Å²) in [5, 5.41) is 0.513. The molecular weight excluding hydrogens is 466 g/mol. The molecular formula is C24H27Cl2FN4O2. The molecule has 1 atom stereocenters. The minimum Gasteiger partial charge on any atom is -0.337 e. The van der Waals surface area contributed by atoms with E-state index in [0.29, 0.717) is 36.8 Å². The van der Waals surface area contributed by atoms with E-state index in [1.165, 1.54) is 12.1 Å². The number of aromatic amines is 1. The van der Waals surface area contributed by atoms with Crippen molar-refractivity contribution in [1.29, 1.82) is 0 Å². The number of amides is 1. The number of fused-ring (bicyclic) bond motifs is 1. The molecule has 2 aromatic heterocycles. The second-order valence-electron chi connectivity index (χ2n) is 8.54. The molecule has 0 radical (unpaired) electrons. The zero-order chi connectivity index (χ0) is 23.7. The fourth-order valence-electron chi connectivity index (χ4n) is 4.39. The number of halogens is 3. The first-order chi connectivity index (χ1) is 15.8. The SMILES string of the molecule is CCC(C)N1CCCN(C(=O)c2cc(Cc3c[nH]c(=O)c4cc(Cl)c(Cl)n34)ccc2F)CC1. The second kappa shape index (κ2) is 9.87. The van der Waals surface area contributed by atoms with E-state index in [-0.39, 0.29) is 27.2 Å². The van der Waals surface area contributed by atoms with Gasteiger partial charge < -0.3 is 9.88 Å². The van der Waals surface area contributed by atoms with Gasteiger partial charge in [0.2, 0.25) is 0 Å². The van der Waals surface area contributed by atoms with Crippen LogP contribution in [0.3, 0.4) is 0 Å². The van der Waals surface area contributed by atoms with Crippen molar-refractivity contribution in [1.82, 2.24) is 19.2 Å². The minimum atomic E-state index is -0.541. The van der Waals surface area contributed by atoms with Gasteiger partial charge in [-0.1, -0.05) is 36.2 Å². The van der Waals surface area contributed by atoms with Gasteiger partial charge in [-0.25, -0.2) is 4.39 Å². The smallest absolute Gasteiger partial charge is 0.272 e. The van der Waals surface area contributed by atoms with E-state index in [4.69, 9.17) is 23.2 Å². The summed E-state index contributed by atoms with van der Waals surface area (Å²) in [5.41, 5.74) is 1.48. The lowest BCUT2D eigenvalue weighted by atomic mass is 10.0. The van der Waals surface area contributed by atoms with Crippen LogP contribution in [-0.4, -0.2) is 57.3 Å². The lowest BCUT2D eigenvalue weighted by Gasteiger charge is -2.27. The summed E-state index contributed by atoms with van der Waals surface area (Å²) in [4.78, 5) is 32.1. The van der Waals surface area contributed by atoms with Crippen molar-refractivity contribution in [3.63, 3.8) is 0 Å². The number of hydrogen-bond donors (Lipinski definition) is 1. The molecule has 1 fully saturated rings. The summed E-state index contributed by atoms with van der Waals surface area (Å²) in [7, 11) is 0. The fourth-order valence-corrected chi connectivity index (χ4v) is 4.83. The van der Waals surface area contributed by atoms with Crippen LogP contribution in [0.2, 0.25) is 10.2 Å². The van der Waals surface area contributed by atoms with Crippen LogP contribution in [0.15, 0.2) is 35.3 Å². The molecule has 1 N–H and O–H groups in total. The van der Waals surface area contributed by atoms with Crippen LogP contribution in [-0.2, 0) is 6.42 Å². The van der Waals surface area contributed by atoms with Crippen molar-refractivity contribution in [2.75, 3.05) is 26.2 Å². The van der Waals surface area contributed by atoms with E-state index in [9.17, 15) is 14.0 Å². The Kier molecular flexibility index (Phi) is 7.12. The average Bonchev–Trinajstić information content (AvgIpc) is 2.98. The predicted octanol–water partition coefficient (Wildman–Crippen LogP) is 4.61. The Morgan fingerprint density at radius 3 is 2.73 bits per heavy atom. The molecule has 3 heterocycles. The number of carbonyl (C=O) groups is 1. The summed E-state index contributed by atoms with van der Waals surface area (Å²) in [5.74, 6) is -0.838. The van der Waals surface area contributed by atoms with E-state index in [0.717, 1.165) is 31.5 Å². The Hall–Kier alpha value is -2.35. The Balaban J connectivity index is 1.59. The Morgan fingerprint density at radius 2 is 1.97 bits per heavy atom. The molecule has 176 valence electrons. The van der Waals surface area contributed by atoms with Gasteiger partial charge in [0.1, 0.15) is 16.5 Å². The molecule has 1 saturated heterocycles. The first-order valence-electron chi connectivity index (χ1n) is 11.2. The number of benzene rings is 1. The van der Waals surface area contributed by atoms with Crippen LogP contribution in [0.4, 0.5) is 4.39 Å². The van der Waals surface area contributed by atoms with Crippen molar-refractivity contribution in [2.45, 2.75) is 39.2 Å². The number of nitrogens with one attached hydrogen (secondary N) is 1. The second-order valence-corrected chi connectivity index (χ2v) is 9.31. The summed E-state index contributed by atoms with van der Waals surface area (Å²) < 4.78 is 16.3. The van der Waals surface area contributed by atoms with Gasteiger partial charge in [-0.15, -0.1) is 0 Å². The zero-order valence-electron chi connectivity index (χ0n) is 18.7. The minimum absolute atomic E-state index is 0.0572. The zero-order valence-corrected chi connectivity index (χ0v) is 20.2. The highest BCUT2D eigenvalue weighted by Crippen LogP contribution is 2.27. The molecule has 0 spiro atoms. The Bertz CT molecular complexity index is 1240. The molecule has 0 saturated carbocycles. The first-order valence-corrected chi connectivity index (χ1v) is 11.9. The van der Waals surface area contributed by atoms with Crippen molar-refractivity contribution < 1.29 is 9.18 Å². The third kappa shape index (κ3) is 4.81. The van der Waals surface area contributed by atoms with E-state index in [1.54, 1.807) is 27.6 Å². The lowest BCUT2D eigenvalue weighted by Crippen LogP contribution is -2.38. The standard InChI is InChI=1S/C24H27Cl2FN4O2/c1-3-15(2)29-7-4-8-30(10-9-29)24(33)18-12-16(5-6-20(18)27)11-17-14-28-23(32)21-13-19(25)22(26)31(17)21/h5-6,12-15H,3-4,7-11H2,1-2H3,(H,28,32). The summed E-state index contributed by atoms with van der Waals surface area (Å²) in [6, 6.07) is 6.51. The van der Waals surface area contributed by atoms with Gasteiger partial charge in [0, 0.05) is 50.5 Å². The van der Waals surface area contributed by atoms with Crippen molar-refractivity contribution in [3.05, 3.63) is 73.6 Å². The molecule has 1 aliphatic rings. The van der Waals surface area contributed by atoms with Crippen molar-refractivity contribution in [3.8, 4) is 0 Å². The molecule has 1 unspecified atom stereocenters. The molecule has 4 rings (SSSR count). The van der Waals surface area contributed by atoms with Gasteiger partial charge in [0.05, 0.1) is 10.6 Å². The number of rotatable bonds is 5. The number of carbonyl (C=O) groups excluding carboxylic acids is 1. The fraction of sp³-hybridized carbons (Fsp3) is 0.417. The first kappa shape index (κ1) is 23.8. The Morgan fingerprint density at radius 1 is 1.18 bits per heavy atom. The normalized spacial score (nSPS) is 16.2. The number of hydrogen-bond acceptors (Lipinski definition) is 3. The van der Waals surface area contributed by atoms with Gasteiger partial charge in [-0.05, 0) is 43.5 Å². The maximum atomic E-state index is 14.7. The number of H-pyrrole nitrogens is 1. The topological polar surface area (TPSA) is 60.8 Å². The highest BCUT2D eigenvalue weighted by Gasteiger charge is 2.24. The quantitative estimate of drug-likeness (QED) is 0.565. The van der Waals surface area contributed by atoms with E-state index in [1.807, 2.05) is 0 Å². The van der Waals surface area contributed by atoms with Crippen LogP contribution in [0.25, 0.3) is 5.52 Å². The van der Waals surface area contributed by atoms with E-state index < -0.39 is 5.82 Å². The third-order valence-corrected chi connectivity index (χ3v) is 7.22. The predicted molar refractivity (Wildman–Crippen MR) is 129 cm³/mol. The van der Waals surface area contributed by atoms with Crippen LogP contribution in [0.1, 0.15) is 48.3 Å². The monoisotopic (exact) mass is 492 g/mol. The maximum Gasteiger partial charge on any atom is 0.272 e. The molecule has 0 aliphatic carbocycles. The van der Waals surface area contributed by atoms with Gasteiger partial charge in [0.15, 0.2) is 0 Å². The lowest BCUT2D eigenvalue weighted by molar-refractivity contribution is 0.0753. The van der Waals surface area contributed by atoms with E-state index in [2.05, 4.69) is 23.7 Å². The van der Waals surface area contributed by atoms with E-state index >= 15 is 0 Å². The highest BCUT2D eigenvalue weighted by atomic mass is 35.5. The third-order valence-electron chi connectivity index (χ3n) is 6.47. The summed E-state index contributed by atoms with van der Waals surface area (Å²) in [6.45, 7) is 7.25. The molecule has 0 bridgehead atoms. The van der Waals surface area contributed by atoms with Crippen LogP contribution < -0.4 is 5.56 Å². The largest absolute Gasteiger partial charge is 0.337 e. The molecule has 3 aromatic rings. The van der Waals surface area contributed by atoms with Crippen molar-refractivity contribution >= 4 is 34.6 Å². The average molecular weight is 493 g/mol. The molecule has 6 nitrogen and oxygen atoms in total. The Labute approximate surface area is 201 Å². The van der Waals surface area contributed by atoms with Crippen LogP contribution in [0, 0.1) is 5.82 Å². The maximum absolute atomic E-state index is 14.7. The molecule has 9 heteroatoms. The molecule has 33 heavy (non-hydrogen) atoms. The summed E-state index contributed by atoms with van der Waals surface area (Å²) in [6.07, 6.45) is 3.81. The molecule has 1 aromatic carbocycles. The van der Waals surface area contributed by atoms with Gasteiger partial charge in [-0.2, -0.15) is 0 Å². The highest BCUT2D eigenvalue weighted by molar-refractivity contribution is 6.42. The molecule has 1 amide bonds. The van der Waals surface area contributed by atoms with Gasteiger partial charge in [-0.3, -0.25) is 18.9 Å². The number of aromatic nitrogens is 2. The van der Waals surface area contributed by atoms with Crippen LogP contribution >= 0.6 is 23.2 Å². The van der Waals surface area contributed by atoms with Crippen LogP contribution in [0.5, 0.6) is 0 Å².